The first-order valence-corrected chi connectivity index (χ1v) is 5.09. The molecule has 0 aliphatic rings. The number of anilines is 1. The van der Waals surface area contributed by atoms with E-state index >= 15 is 0 Å². The summed E-state index contributed by atoms with van der Waals surface area (Å²) in [5.74, 6) is 0. The van der Waals surface area contributed by atoms with Gasteiger partial charge in [0.05, 0.1) is 6.54 Å². The Labute approximate surface area is 77.3 Å². The quantitative estimate of drug-likeness (QED) is 0.814. The molecule has 12 heavy (non-hydrogen) atoms. The molecule has 0 aliphatic carbocycles. The molecule has 4 nitrogen and oxygen atoms in total. The Morgan fingerprint density at radius 1 is 1.42 bits per heavy atom. The summed E-state index contributed by atoms with van der Waals surface area (Å²) in [5.41, 5.74) is 1.70. The Kier molecular flexibility index (Phi) is 2.28. The lowest BCUT2D eigenvalue weighted by molar-refractivity contribution is 1.04. The number of hydrogen-bond acceptors (Lipinski definition) is 6. The number of thiazole rings is 1. The highest BCUT2D eigenvalue weighted by Crippen LogP contribution is 2.11. The zero-order chi connectivity index (χ0) is 8.23. The summed E-state index contributed by atoms with van der Waals surface area (Å²) in [6.07, 6.45) is 1.79. The Morgan fingerprint density at radius 2 is 2.42 bits per heavy atom. The summed E-state index contributed by atoms with van der Waals surface area (Å²) in [6.45, 7) is 0.729. The standard InChI is InChI=1S/C6H6N4S2/c1-2-11-5(7-1)3-8-6-10-9-4-12-6/h1-2,4H,3H2,(H,8,10). The molecule has 2 heterocycles. The summed E-state index contributed by atoms with van der Waals surface area (Å²) in [5, 5.41) is 14.5. The summed E-state index contributed by atoms with van der Waals surface area (Å²) in [7, 11) is 0. The molecule has 1 N–H and O–H groups in total. The summed E-state index contributed by atoms with van der Waals surface area (Å²) in [4.78, 5) is 4.13. The van der Waals surface area contributed by atoms with E-state index in [0.717, 1.165) is 16.7 Å². The van der Waals surface area contributed by atoms with Gasteiger partial charge in [0.1, 0.15) is 10.5 Å². The van der Waals surface area contributed by atoms with E-state index in [1.807, 2.05) is 5.38 Å². The molecule has 2 aromatic rings. The third kappa shape index (κ3) is 1.77. The van der Waals surface area contributed by atoms with Gasteiger partial charge in [0.2, 0.25) is 5.13 Å². The fraction of sp³-hybridized carbons (Fsp3) is 0.167. The van der Waals surface area contributed by atoms with E-state index in [0.29, 0.717) is 0 Å². The molecule has 0 aliphatic heterocycles. The Morgan fingerprint density at radius 3 is 3.08 bits per heavy atom. The van der Waals surface area contributed by atoms with Gasteiger partial charge in [-0.1, -0.05) is 11.3 Å². The third-order valence-electron chi connectivity index (χ3n) is 1.23. The molecule has 2 aromatic heterocycles. The van der Waals surface area contributed by atoms with E-state index in [9.17, 15) is 0 Å². The normalized spacial score (nSPS) is 10.0. The molecule has 2 rings (SSSR count). The lowest BCUT2D eigenvalue weighted by Crippen LogP contribution is -1.97. The van der Waals surface area contributed by atoms with Crippen LogP contribution in [0.2, 0.25) is 0 Å². The van der Waals surface area contributed by atoms with Gasteiger partial charge in [0, 0.05) is 11.6 Å². The van der Waals surface area contributed by atoms with Gasteiger partial charge < -0.3 is 5.32 Å². The molecule has 0 bridgehead atoms. The first-order chi connectivity index (χ1) is 5.95. The molecular weight excluding hydrogens is 192 g/mol. The van der Waals surface area contributed by atoms with Crippen LogP contribution in [-0.4, -0.2) is 15.2 Å². The fourth-order valence-corrected chi connectivity index (χ4v) is 1.74. The van der Waals surface area contributed by atoms with Gasteiger partial charge in [-0.25, -0.2) is 4.98 Å². The largest absolute Gasteiger partial charge is 0.354 e. The summed E-state index contributed by atoms with van der Waals surface area (Å²) < 4.78 is 0. The second-order valence-corrected chi connectivity index (χ2v) is 3.84. The number of nitrogens with zero attached hydrogens (tertiary/aromatic N) is 3. The topological polar surface area (TPSA) is 50.7 Å². The van der Waals surface area contributed by atoms with Gasteiger partial charge in [0.15, 0.2) is 0 Å². The van der Waals surface area contributed by atoms with E-state index in [1.54, 1.807) is 23.0 Å². The van der Waals surface area contributed by atoms with Crippen molar-refractivity contribution in [3.8, 4) is 0 Å². The minimum Gasteiger partial charge on any atom is -0.354 e. The van der Waals surface area contributed by atoms with Crippen molar-refractivity contribution < 1.29 is 0 Å². The Bertz CT molecular complexity index is 281. The number of rotatable bonds is 3. The minimum atomic E-state index is 0.729. The van der Waals surface area contributed by atoms with Crippen molar-refractivity contribution in [2.24, 2.45) is 0 Å². The smallest absolute Gasteiger partial charge is 0.205 e. The highest BCUT2D eigenvalue weighted by Gasteiger charge is 1.97. The van der Waals surface area contributed by atoms with Crippen LogP contribution in [0.5, 0.6) is 0 Å². The minimum absolute atomic E-state index is 0.729. The maximum Gasteiger partial charge on any atom is 0.205 e. The number of nitrogens with one attached hydrogen (secondary N) is 1. The van der Waals surface area contributed by atoms with E-state index in [1.165, 1.54) is 11.3 Å². The van der Waals surface area contributed by atoms with Crippen LogP contribution in [0.25, 0.3) is 0 Å². The van der Waals surface area contributed by atoms with Gasteiger partial charge >= 0.3 is 0 Å². The SMILES string of the molecule is c1csc(CNc2nncs2)n1. The molecule has 0 fully saturated rings. The van der Waals surface area contributed by atoms with Crippen LogP contribution in [0, 0.1) is 0 Å². The van der Waals surface area contributed by atoms with E-state index in [4.69, 9.17) is 0 Å². The van der Waals surface area contributed by atoms with Crippen molar-refractivity contribution >= 4 is 27.8 Å². The van der Waals surface area contributed by atoms with Crippen LogP contribution < -0.4 is 5.32 Å². The average Bonchev–Trinajstić information content (AvgIpc) is 2.74. The van der Waals surface area contributed by atoms with Crippen LogP contribution >= 0.6 is 22.7 Å². The van der Waals surface area contributed by atoms with Crippen molar-refractivity contribution in [2.75, 3.05) is 5.32 Å². The molecule has 0 amide bonds. The highest BCUT2D eigenvalue weighted by molar-refractivity contribution is 7.13. The average molecular weight is 198 g/mol. The Balaban J connectivity index is 1.91. The van der Waals surface area contributed by atoms with Crippen molar-refractivity contribution in [2.45, 2.75) is 6.54 Å². The van der Waals surface area contributed by atoms with Crippen molar-refractivity contribution in [3.05, 3.63) is 22.1 Å². The first kappa shape index (κ1) is 7.63. The first-order valence-electron chi connectivity index (χ1n) is 3.33. The molecule has 0 saturated heterocycles. The summed E-state index contributed by atoms with van der Waals surface area (Å²) >= 11 is 3.12. The second kappa shape index (κ2) is 3.59. The molecule has 0 saturated carbocycles. The number of aromatic nitrogens is 3. The van der Waals surface area contributed by atoms with Gasteiger partial charge in [-0.2, -0.15) is 0 Å². The molecule has 0 atom stereocenters. The van der Waals surface area contributed by atoms with Crippen molar-refractivity contribution in [1.82, 2.24) is 15.2 Å². The zero-order valence-corrected chi connectivity index (χ0v) is 7.73. The van der Waals surface area contributed by atoms with E-state index in [2.05, 4.69) is 20.5 Å². The molecular formula is C6H6N4S2. The second-order valence-electron chi connectivity index (χ2n) is 2.02. The molecule has 0 radical (unpaired) electrons. The number of hydrogen-bond donors (Lipinski definition) is 1. The maximum atomic E-state index is 4.13. The van der Waals surface area contributed by atoms with Crippen molar-refractivity contribution in [3.63, 3.8) is 0 Å². The van der Waals surface area contributed by atoms with Gasteiger partial charge in [-0.15, -0.1) is 21.5 Å². The van der Waals surface area contributed by atoms with Crippen molar-refractivity contribution in [1.29, 1.82) is 0 Å². The lowest BCUT2D eigenvalue weighted by Gasteiger charge is -1.95. The van der Waals surface area contributed by atoms with Crippen LogP contribution in [0.4, 0.5) is 5.13 Å². The van der Waals surface area contributed by atoms with Gasteiger partial charge in [-0.05, 0) is 0 Å². The fourth-order valence-electron chi connectivity index (χ4n) is 0.742. The van der Waals surface area contributed by atoms with Crippen LogP contribution in [0.3, 0.4) is 0 Å². The van der Waals surface area contributed by atoms with Crippen LogP contribution in [0.1, 0.15) is 5.01 Å². The lowest BCUT2D eigenvalue weighted by atomic mass is 10.7. The Hall–Kier alpha value is -1.01. The van der Waals surface area contributed by atoms with Gasteiger partial charge in [-0.3, -0.25) is 0 Å². The molecule has 6 heteroatoms. The van der Waals surface area contributed by atoms with Crippen LogP contribution in [0.15, 0.2) is 17.1 Å². The zero-order valence-electron chi connectivity index (χ0n) is 6.10. The summed E-state index contributed by atoms with van der Waals surface area (Å²) in [6, 6.07) is 0. The highest BCUT2D eigenvalue weighted by atomic mass is 32.1. The third-order valence-corrected chi connectivity index (χ3v) is 2.66. The predicted molar refractivity (Wildman–Crippen MR) is 49.3 cm³/mol. The monoisotopic (exact) mass is 198 g/mol. The maximum absolute atomic E-state index is 4.13. The molecule has 62 valence electrons. The van der Waals surface area contributed by atoms with E-state index in [-0.39, 0.29) is 0 Å². The predicted octanol–water partition coefficient (Wildman–Crippen LogP) is 1.61. The van der Waals surface area contributed by atoms with Gasteiger partial charge in [0.25, 0.3) is 0 Å². The molecule has 0 unspecified atom stereocenters. The molecule has 0 spiro atoms. The molecule has 0 aromatic carbocycles. The van der Waals surface area contributed by atoms with E-state index < -0.39 is 0 Å². The van der Waals surface area contributed by atoms with Crippen LogP contribution in [-0.2, 0) is 6.54 Å².